The number of rotatable bonds is 4. The number of thioether (sulfide) groups is 1. The van der Waals surface area contributed by atoms with Crippen molar-refractivity contribution >= 4 is 34.3 Å². The van der Waals surface area contributed by atoms with Crippen LogP contribution in [-0.2, 0) is 6.42 Å². The first kappa shape index (κ1) is 32.1. The first-order chi connectivity index (χ1) is 22.1. The zero-order valence-corrected chi connectivity index (χ0v) is 27.3. The molecule has 46 heavy (non-hydrogen) atoms. The van der Waals surface area contributed by atoms with Crippen LogP contribution < -0.4 is 15.9 Å². The summed E-state index contributed by atoms with van der Waals surface area (Å²) in [5.74, 6) is 0.560. The summed E-state index contributed by atoms with van der Waals surface area (Å²) >= 11 is 1.77. The molecule has 3 aromatic heterocycles. The Labute approximate surface area is 271 Å². The molecule has 3 atom stereocenters. The number of aromatic nitrogens is 4. The second kappa shape index (κ2) is 13.1. The van der Waals surface area contributed by atoms with Crippen LogP contribution >= 0.6 is 11.8 Å². The van der Waals surface area contributed by atoms with E-state index >= 15 is 8.78 Å². The van der Waals surface area contributed by atoms with Crippen molar-refractivity contribution in [1.82, 2.24) is 24.4 Å². The molecule has 0 amide bonds. The number of hydrogen-bond donors (Lipinski definition) is 2. The zero-order valence-electron chi connectivity index (χ0n) is 26.5. The van der Waals surface area contributed by atoms with Crippen LogP contribution in [0.1, 0.15) is 44.9 Å². The lowest BCUT2D eigenvalue weighted by Gasteiger charge is -2.46. The van der Waals surface area contributed by atoms with E-state index in [9.17, 15) is 9.90 Å². The van der Waals surface area contributed by atoms with Gasteiger partial charge >= 0.3 is 5.69 Å². The molecule has 1 aromatic carbocycles. The highest BCUT2D eigenvalue weighted by Gasteiger charge is 2.34. The van der Waals surface area contributed by atoms with Crippen LogP contribution in [0.25, 0.3) is 28.0 Å². The molecule has 2 aliphatic rings. The van der Waals surface area contributed by atoms with Gasteiger partial charge in [-0.05, 0) is 73.9 Å². The van der Waals surface area contributed by atoms with Crippen LogP contribution in [0.3, 0.4) is 0 Å². The minimum atomic E-state index is -0.827. The normalized spacial score (nSPS) is 19.8. The summed E-state index contributed by atoms with van der Waals surface area (Å²) in [5.41, 5.74) is 2.18. The minimum absolute atomic E-state index is 0.00788. The van der Waals surface area contributed by atoms with Gasteiger partial charge in [-0.3, -0.25) is 9.88 Å². The Hall–Kier alpha value is -3.87. The summed E-state index contributed by atoms with van der Waals surface area (Å²) in [6.07, 6.45) is 3.24. The molecule has 1 saturated heterocycles. The largest absolute Gasteiger partial charge is 0.384 e. The van der Waals surface area contributed by atoms with Crippen LogP contribution in [0, 0.1) is 11.6 Å². The number of aryl methyl sites for hydroxylation is 1. The molecule has 12 heteroatoms. The predicted molar refractivity (Wildman–Crippen MR) is 181 cm³/mol. The number of anilines is 2. The second-order valence-electron chi connectivity index (χ2n) is 12.3. The molecule has 6 bridgehead atoms. The van der Waals surface area contributed by atoms with E-state index in [1.54, 1.807) is 23.9 Å². The van der Waals surface area contributed by atoms with E-state index < -0.39 is 23.6 Å². The highest BCUT2D eigenvalue weighted by molar-refractivity contribution is 7.99. The number of halogens is 2. The third kappa shape index (κ3) is 6.01. The van der Waals surface area contributed by atoms with Gasteiger partial charge in [0.25, 0.3) is 0 Å². The number of hydrogen-bond acceptors (Lipinski definition) is 9. The maximum atomic E-state index is 16.2. The molecule has 0 radical (unpaired) electrons. The summed E-state index contributed by atoms with van der Waals surface area (Å²) in [4.78, 5) is 32.2. The van der Waals surface area contributed by atoms with E-state index in [2.05, 4.69) is 16.9 Å². The average molecular weight is 648 g/mol. The molecule has 0 spiro atoms. The molecular weight excluding hydrogens is 608 g/mol. The summed E-state index contributed by atoms with van der Waals surface area (Å²) in [6, 6.07) is 7.41. The van der Waals surface area contributed by atoms with E-state index in [0.717, 1.165) is 23.5 Å². The standard InChI is InChI=1S/C34H39F2N7O2S/c1-6-29(44)41-17-21(5)42(18-20(41)4)32-25-15-27(36)31-24-14-23(7-8-26(24)35)37-10-12-46-11-9-22-13-28(30(19(2)3)38-16-22)43(33(25)39-31)34(45)40-32/h6-8,13-16,19-21,29,37,44H,1,9-12,17-18H2,2-5H3/t20-,21+,29?/m1/s1. The van der Waals surface area contributed by atoms with E-state index in [0.29, 0.717) is 42.1 Å². The molecule has 242 valence electrons. The van der Waals surface area contributed by atoms with Crippen molar-refractivity contribution in [2.75, 3.05) is 41.4 Å². The molecule has 6 rings (SSSR count). The summed E-state index contributed by atoms with van der Waals surface area (Å²) < 4.78 is 33.0. The van der Waals surface area contributed by atoms with Crippen molar-refractivity contribution in [3.8, 4) is 16.9 Å². The fourth-order valence-corrected chi connectivity index (χ4v) is 7.16. The van der Waals surface area contributed by atoms with Crippen LogP contribution in [0.15, 0.2) is 54.0 Å². The summed E-state index contributed by atoms with van der Waals surface area (Å²) in [5, 5.41) is 14.1. The van der Waals surface area contributed by atoms with Crippen molar-refractivity contribution in [3.05, 3.63) is 82.6 Å². The number of piperazine rings is 1. The molecule has 5 heterocycles. The molecule has 9 nitrogen and oxygen atoms in total. The second-order valence-corrected chi connectivity index (χ2v) is 13.6. The number of fused-ring (bicyclic) bond motifs is 7. The Morgan fingerprint density at radius 1 is 1.09 bits per heavy atom. The lowest BCUT2D eigenvalue weighted by Crippen LogP contribution is -2.59. The Morgan fingerprint density at radius 3 is 2.65 bits per heavy atom. The highest BCUT2D eigenvalue weighted by atomic mass is 32.2. The number of pyridine rings is 2. The monoisotopic (exact) mass is 647 g/mol. The van der Waals surface area contributed by atoms with Gasteiger partial charge in [-0.2, -0.15) is 16.7 Å². The molecule has 2 aliphatic heterocycles. The van der Waals surface area contributed by atoms with Crippen LogP contribution in [-0.4, -0.2) is 79.0 Å². The van der Waals surface area contributed by atoms with Gasteiger partial charge in [-0.25, -0.2) is 23.1 Å². The highest BCUT2D eigenvalue weighted by Crippen LogP contribution is 2.35. The predicted octanol–water partition coefficient (Wildman–Crippen LogP) is 5.35. The quantitative estimate of drug-likeness (QED) is 0.284. The molecule has 1 unspecified atom stereocenters. The van der Waals surface area contributed by atoms with Gasteiger partial charge in [0.2, 0.25) is 0 Å². The van der Waals surface area contributed by atoms with E-state index in [1.807, 2.05) is 49.8 Å². The molecule has 0 aliphatic carbocycles. The van der Waals surface area contributed by atoms with Crippen LogP contribution in [0.5, 0.6) is 0 Å². The lowest BCUT2D eigenvalue weighted by molar-refractivity contribution is 0.0000490. The fraction of sp³-hybridized carbons (Fsp3) is 0.412. The maximum Gasteiger partial charge on any atom is 0.355 e. The number of aliphatic hydroxyl groups is 1. The Kier molecular flexibility index (Phi) is 9.13. The molecule has 4 aromatic rings. The van der Waals surface area contributed by atoms with Crippen molar-refractivity contribution in [2.24, 2.45) is 0 Å². The Bertz CT molecular complexity index is 1850. The summed E-state index contributed by atoms with van der Waals surface area (Å²) in [6.45, 7) is 13.2. The van der Waals surface area contributed by atoms with Crippen molar-refractivity contribution in [1.29, 1.82) is 0 Å². The van der Waals surface area contributed by atoms with E-state index in [-0.39, 0.29) is 40.7 Å². The fourth-order valence-electron chi connectivity index (χ4n) is 6.33. The lowest BCUT2D eigenvalue weighted by atomic mass is 10.0. The van der Waals surface area contributed by atoms with Crippen LogP contribution in [0.2, 0.25) is 0 Å². The van der Waals surface area contributed by atoms with Crippen molar-refractivity contribution in [3.63, 3.8) is 0 Å². The molecular formula is C34H39F2N7O2S. The summed E-state index contributed by atoms with van der Waals surface area (Å²) in [7, 11) is 0. The molecule has 2 N–H and O–H groups in total. The van der Waals surface area contributed by atoms with Gasteiger partial charge in [0, 0.05) is 54.9 Å². The van der Waals surface area contributed by atoms with Gasteiger partial charge < -0.3 is 15.3 Å². The topological polar surface area (TPSA) is 99.4 Å². The van der Waals surface area contributed by atoms with Gasteiger partial charge in [0.1, 0.15) is 29.4 Å². The third-order valence-electron chi connectivity index (χ3n) is 8.73. The van der Waals surface area contributed by atoms with Gasteiger partial charge in [0.05, 0.1) is 16.8 Å². The molecule has 1 fully saturated rings. The molecule has 0 saturated carbocycles. The smallest absolute Gasteiger partial charge is 0.355 e. The zero-order chi connectivity index (χ0) is 32.7. The number of aliphatic hydroxyl groups excluding tert-OH is 1. The van der Waals surface area contributed by atoms with Gasteiger partial charge in [-0.15, -0.1) is 0 Å². The number of nitrogens with zero attached hydrogens (tertiary/aromatic N) is 6. The Balaban J connectivity index is 1.65. The number of nitrogens with one attached hydrogen (secondary N) is 1. The van der Waals surface area contributed by atoms with Crippen molar-refractivity contribution < 1.29 is 13.9 Å². The minimum Gasteiger partial charge on any atom is -0.384 e. The average Bonchev–Trinajstić information content (AvgIpc) is 3.03. The number of benzene rings is 1. The third-order valence-corrected chi connectivity index (χ3v) is 9.72. The SMILES string of the molecule is C=CC(O)N1C[C@H](C)N(c2nc(=O)n3c4nc(c(F)cc24)-c2cc(ccc2F)NCCSCCc2cnc(C(C)C)c-3c2)C[C@H]1C. The van der Waals surface area contributed by atoms with E-state index in [1.165, 1.54) is 22.8 Å². The van der Waals surface area contributed by atoms with Gasteiger partial charge in [-0.1, -0.05) is 20.4 Å². The van der Waals surface area contributed by atoms with Gasteiger partial charge in [0.15, 0.2) is 5.65 Å². The first-order valence-corrected chi connectivity index (χ1v) is 16.8. The Morgan fingerprint density at radius 2 is 1.89 bits per heavy atom. The van der Waals surface area contributed by atoms with E-state index in [4.69, 9.17) is 9.97 Å². The van der Waals surface area contributed by atoms with Crippen molar-refractivity contribution in [2.45, 2.75) is 58.3 Å². The first-order valence-electron chi connectivity index (χ1n) is 15.6. The maximum absolute atomic E-state index is 16.2. The van der Waals surface area contributed by atoms with Crippen LogP contribution in [0.4, 0.5) is 20.3 Å².